The maximum Gasteiger partial charge on any atom is 0.184 e. The standard InChI is InChI=1S/C23H25ClFN3S/c1-26(15-17-3-4-17)13-2-14-27-16-22(18-5-9-20(25)10-6-18)28(23(27)29)21-11-7-19(24)8-12-21/h5-12,16-17H,2-4,13-15H2,1H3. The zero-order chi connectivity index (χ0) is 20.4. The molecule has 6 heteroatoms. The molecule has 0 atom stereocenters. The highest BCUT2D eigenvalue weighted by atomic mass is 35.5. The van der Waals surface area contributed by atoms with Gasteiger partial charge in [0, 0.05) is 35.6 Å². The summed E-state index contributed by atoms with van der Waals surface area (Å²) in [6, 6.07) is 14.2. The second-order valence-electron chi connectivity index (χ2n) is 7.87. The minimum Gasteiger partial charge on any atom is -0.323 e. The summed E-state index contributed by atoms with van der Waals surface area (Å²) in [4.78, 5) is 2.42. The second-order valence-corrected chi connectivity index (χ2v) is 8.67. The van der Waals surface area contributed by atoms with Crippen LogP contribution in [-0.2, 0) is 6.54 Å². The first-order valence-electron chi connectivity index (χ1n) is 10.0. The van der Waals surface area contributed by atoms with E-state index in [-0.39, 0.29) is 5.82 Å². The first kappa shape index (κ1) is 20.3. The Balaban J connectivity index is 1.61. The molecule has 1 aliphatic rings. The zero-order valence-corrected chi connectivity index (χ0v) is 18.1. The molecule has 3 aromatic rings. The van der Waals surface area contributed by atoms with Crippen LogP contribution in [-0.4, -0.2) is 34.2 Å². The molecule has 0 amide bonds. The van der Waals surface area contributed by atoms with Crippen molar-refractivity contribution in [3.8, 4) is 16.9 Å². The maximum atomic E-state index is 13.4. The highest BCUT2D eigenvalue weighted by Crippen LogP contribution is 2.29. The average Bonchev–Trinajstić information content (AvgIpc) is 3.46. The van der Waals surface area contributed by atoms with Crippen LogP contribution in [0.5, 0.6) is 0 Å². The van der Waals surface area contributed by atoms with Gasteiger partial charge in [-0.25, -0.2) is 4.39 Å². The molecule has 4 rings (SSSR count). The van der Waals surface area contributed by atoms with E-state index in [1.807, 2.05) is 28.8 Å². The fraction of sp³-hybridized carbons (Fsp3) is 0.348. The Kier molecular flexibility index (Phi) is 6.18. The molecule has 0 spiro atoms. The Bertz CT molecular complexity index is 1020. The topological polar surface area (TPSA) is 13.1 Å². The van der Waals surface area contributed by atoms with Crippen molar-refractivity contribution in [3.63, 3.8) is 0 Å². The lowest BCUT2D eigenvalue weighted by atomic mass is 10.1. The molecule has 0 N–H and O–H groups in total. The van der Waals surface area contributed by atoms with Crippen molar-refractivity contribution >= 4 is 23.8 Å². The van der Waals surface area contributed by atoms with Gasteiger partial charge in [-0.3, -0.25) is 4.57 Å². The number of hydrogen-bond donors (Lipinski definition) is 0. The minimum atomic E-state index is -0.247. The van der Waals surface area contributed by atoms with Gasteiger partial charge >= 0.3 is 0 Å². The molecule has 0 unspecified atom stereocenters. The van der Waals surface area contributed by atoms with Crippen LogP contribution in [0.25, 0.3) is 16.9 Å². The van der Waals surface area contributed by atoms with E-state index in [2.05, 4.69) is 22.7 Å². The van der Waals surface area contributed by atoms with Crippen LogP contribution in [0.15, 0.2) is 54.7 Å². The smallest absolute Gasteiger partial charge is 0.184 e. The first-order valence-corrected chi connectivity index (χ1v) is 10.8. The molecule has 3 nitrogen and oxygen atoms in total. The van der Waals surface area contributed by atoms with Crippen molar-refractivity contribution in [2.45, 2.75) is 25.8 Å². The van der Waals surface area contributed by atoms with Gasteiger partial charge in [0.25, 0.3) is 0 Å². The predicted molar refractivity (Wildman–Crippen MR) is 120 cm³/mol. The van der Waals surface area contributed by atoms with Crippen LogP contribution < -0.4 is 0 Å². The van der Waals surface area contributed by atoms with E-state index < -0.39 is 0 Å². The molecule has 1 saturated carbocycles. The molecule has 0 saturated heterocycles. The molecular weight excluding hydrogens is 405 g/mol. The van der Waals surface area contributed by atoms with Gasteiger partial charge in [0.05, 0.1) is 5.69 Å². The van der Waals surface area contributed by atoms with Crippen molar-refractivity contribution in [1.29, 1.82) is 0 Å². The highest BCUT2D eigenvalue weighted by Gasteiger charge is 2.22. The molecule has 0 bridgehead atoms. The maximum absolute atomic E-state index is 13.4. The first-order chi connectivity index (χ1) is 14.0. The SMILES string of the molecule is CN(CCCn1cc(-c2ccc(F)cc2)n(-c2ccc(Cl)cc2)c1=S)CC1CC1. The number of benzene rings is 2. The Hall–Kier alpha value is -1.95. The van der Waals surface area contributed by atoms with E-state index in [1.165, 1.54) is 31.5 Å². The summed E-state index contributed by atoms with van der Waals surface area (Å²) >= 11 is 11.9. The molecule has 1 heterocycles. The number of nitrogens with zero attached hydrogens (tertiary/aromatic N) is 3. The van der Waals surface area contributed by atoms with Gasteiger partial charge in [-0.1, -0.05) is 11.6 Å². The van der Waals surface area contributed by atoms with Gasteiger partial charge in [-0.15, -0.1) is 0 Å². The van der Waals surface area contributed by atoms with Crippen LogP contribution >= 0.6 is 23.8 Å². The molecule has 152 valence electrons. The number of aromatic nitrogens is 2. The van der Waals surface area contributed by atoms with Crippen molar-refractivity contribution in [2.75, 3.05) is 20.1 Å². The van der Waals surface area contributed by atoms with E-state index in [9.17, 15) is 4.39 Å². The van der Waals surface area contributed by atoms with Crippen molar-refractivity contribution in [2.24, 2.45) is 5.92 Å². The van der Waals surface area contributed by atoms with Crippen LogP contribution in [0.4, 0.5) is 4.39 Å². The number of halogens is 2. The summed E-state index contributed by atoms with van der Waals surface area (Å²) in [7, 11) is 2.19. The number of rotatable bonds is 8. The Labute approximate surface area is 181 Å². The third kappa shape index (κ3) is 4.97. The van der Waals surface area contributed by atoms with Gasteiger partial charge < -0.3 is 9.47 Å². The summed E-state index contributed by atoms with van der Waals surface area (Å²) in [6.45, 7) is 3.09. The summed E-state index contributed by atoms with van der Waals surface area (Å²) in [5.74, 6) is 0.654. The van der Waals surface area contributed by atoms with Crippen molar-refractivity contribution in [1.82, 2.24) is 14.0 Å². The lowest BCUT2D eigenvalue weighted by molar-refractivity contribution is 0.309. The van der Waals surface area contributed by atoms with Crippen LogP contribution in [0.1, 0.15) is 19.3 Å². The molecular formula is C23H25ClFN3S. The Morgan fingerprint density at radius 1 is 1.10 bits per heavy atom. The number of aryl methyl sites for hydroxylation is 1. The summed E-state index contributed by atoms with van der Waals surface area (Å²) < 4.78 is 18.3. The normalized spacial score (nSPS) is 13.9. The number of imidazole rings is 1. The van der Waals surface area contributed by atoms with Crippen molar-refractivity contribution in [3.05, 3.63) is 70.3 Å². The van der Waals surface area contributed by atoms with Crippen molar-refractivity contribution < 1.29 is 4.39 Å². The average molecular weight is 430 g/mol. The fourth-order valence-corrected chi connectivity index (χ4v) is 4.13. The quantitative estimate of drug-likeness (QED) is 0.395. The molecule has 29 heavy (non-hydrogen) atoms. The predicted octanol–water partition coefficient (Wildman–Crippen LogP) is 6.20. The van der Waals surface area contributed by atoms with E-state index >= 15 is 0 Å². The summed E-state index contributed by atoms with van der Waals surface area (Å²) in [6.07, 6.45) is 5.86. The highest BCUT2D eigenvalue weighted by molar-refractivity contribution is 7.71. The Morgan fingerprint density at radius 3 is 2.45 bits per heavy atom. The van der Waals surface area contributed by atoms with E-state index in [4.69, 9.17) is 23.8 Å². The summed E-state index contributed by atoms with van der Waals surface area (Å²) in [5, 5.41) is 0.682. The largest absolute Gasteiger partial charge is 0.323 e. The Morgan fingerprint density at radius 2 is 1.79 bits per heavy atom. The third-order valence-electron chi connectivity index (χ3n) is 5.39. The fourth-order valence-electron chi connectivity index (χ4n) is 3.66. The lowest BCUT2D eigenvalue weighted by Crippen LogP contribution is -2.23. The van der Waals surface area contributed by atoms with Crippen LogP contribution in [0.2, 0.25) is 5.02 Å². The van der Waals surface area contributed by atoms with E-state index in [0.717, 1.165) is 47.1 Å². The lowest BCUT2D eigenvalue weighted by Gasteiger charge is -2.15. The van der Waals surface area contributed by atoms with Gasteiger partial charge in [0.15, 0.2) is 4.77 Å². The molecule has 1 aromatic heterocycles. The molecule has 2 aromatic carbocycles. The van der Waals surface area contributed by atoms with Crippen LogP contribution in [0.3, 0.4) is 0 Å². The van der Waals surface area contributed by atoms with E-state index in [0.29, 0.717) is 5.02 Å². The van der Waals surface area contributed by atoms with Gasteiger partial charge in [0.1, 0.15) is 5.82 Å². The van der Waals surface area contributed by atoms with Gasteiger partial charge in [0.2, 0.25) is 0 Å². The minimum absolute atomic E-state index is 0.247. The monoisotopic (exact) mass is 429 g/mol. The summed E-state index contributed by atoms with van der Waals surface area (Å²) in [5.41, 5.74) is 2.82. The third-order valence-corrected chi connectivity index (χ3v) is 6.06. The zero-order valence-electron chi connectivity index (χ0n) is 16.5. The van der Waals surface area contributed by atoms with Crippen LogP contribution in [0, 0.1) is 16.5 Å². The molecule has 0 radical (unpaired) electrons. The van der Waals surface area contributed by atoms with Gasteiger partial charge in [-0.2, -0.15) is 0 Å². The second kappa shape index (κ2) is 8.82. The molecule has 1 fully saturated rings. The molecule has 1 aliphatic carbocycles. The molecule has 0 aliphatic heterocycles. The van der Waals surface area contributed by atoms with E-state index in [1.54, 1.807) is 12.1 Å². The number of hydrogen-bond acceptors (Lipinski definition) is 2. The van der Waals surface area contributed by atoms with Gasteiger partial charge in [-0.05, 0) is 99.5 Å².